The Morgan fingerprint density at radius 2 is 2.22 bits per heavy atom. The predicted octanol–water partition coefficient (Wildman–Crippen LogP) is 2.10. The summed E-state index contributed by atoms with van der Waals surface area (Å²) in [7, 11) is 0. The van der Waals surface area contributed by atoms with Gasteiger partial charge in [0.15, 0.2) is 0 Å². The minimum atomic E-state index is -0.706. The number of hydrogen-bond donors (Lipinski definition) is 1. The van der Waals surface area contributed by atoms with Gasteiger partial charge in [-0.2, -0.15) is 0 Å². The molecule has 1 N–H and O–H groups in total. The molecule has 0 saturated carbocycles. The molecule has 18 heavy (non-hydrogen) atoms. The van der Waals surface area contributed by atoms with Crippen LogP contribution < -0.4 is 5.32 Å². The van der Waals surface area contributed by atoms with E-state index in [1.54, 1.807) is 6.92 Å². The number of benzene rings is 1. The number of carbonyl (C=O) groups excluding carboxylic acids is 1. The molecule has 0 bridgehead atoms. The van der Waals surface area contributed by atoms with Gasteiger partial charge in [-0.05, 0) is 13.0 Å². The molecule has 0 heterocycles. The maximum atomic E-state index is 13.1. The summed E-state index contributed by atoms with van der Waals surface area (Å²) in [4.78, 5) is 20.9. The second kappa shape index (κ2) is 6.53. The Labute approximate surface area is 103 Å². The number of esters is 1. The Morgan fingerprint density at radius 3 is 2.83 bits per heavy atom. The van der Waals surface area contributed by atoms with Crippen molar-refractivity contribution in [2.24, 2.45) is 0 Å². The number of rotatable bonds is 6. The van der Waals surface area contributed by atoms with E-state index in [-0.39, 0.29) is 30.3 Å². The molecule has 0 radical (unpaired) electrons. The fraction of sp³-hybridized carbons (Fsp3) is 0.364. The average molecular weight is 256 g/mol. The van der Waals surface area contributed by atoms with Gasteiger partial charge in [-0.15, -0.1) is 0 Å². The number of nitro groups is 1. The van der Waals surface area contributed by atoms with Crippen molar-refractivity contribution >= 4 is 17.3 Å². The molecule has 0 saturated heterocycles. The molecule has 0 amide bonds. The van der Waals surface area contributed by atoms with Crippen LogP contribution in [0.25, 0.3) is 0 Å². The number of nitrogens with zero attached hydrogens (tertiary/aromatic N) is 1. The van der Waals surface area contributed by atoms with E-state index >= 15 is 0 Å². The largest absolute Gasteiger partial charge is 0.466 e. The molecule has 7 heteroatoms. The summed E-state index contributed by atoms with van der Waals surface area (Å²) in [5, 5.41) is 13.2. The quantitative estimate of drug-likeness (QED) is 0.479. The van der Waals surface area contributed by atoms with Gasteiger partial charge in [0.05, 0.1) is 24.0 Å². The Bertz CT molecular complexity index is 451. The van der Waals surface area contributed by atoms with Gasteiger partial charge in [0.2, 0.25) is 0 Å². The topological polar surface area (TPSA) is 81.5 Å². The molecule has 0 aliphatic carbocycles. The Kier molecular flexibility index (Phi) is 5.04. The molecule has 0 aromatic heterocycles. The van der Waals surface area contributed by atoms with E-state index < -0.39 is 10.7 Å². The maximum Gasteiger partial charge on any atom is 0.307 e. The van der Waals surface area contributed by atoms with Crippen LogP contribution in [-0.4, -0.2) is 24.0 Å². The first kappa shape index (κ1) is 13.9. The Morgan fingerprint density at radius 1 is 1.50 bits per heavy atom. The molecule has 0 aliphatic rings. The van der Waals surface area contributed by atoms with Crippen LogP contribution in [0.15, 0.2) is 18.2 Å². The number of ether oxygens (including phenoxy) is 1. The van der Waals surface area contributed by atoms with Gasteiger partial charge < -0.3 is 10.1 Å². The Balaban J connectivity index is 2.57. The second-order valence-electron chi connectivity index (χ2n) is 3.44. The van der Waals surface area contributed by atoms with E-state index in [2.05, 4.69) is 5.32 Å². The third-order valence-corrected chi connectivity index (χ3v) is 2.06. The maximum absolute atomic E-state index is 13.1. The average Bonchev–Trinajstić information content (AvgIpc) is 2.28. The van der Waals surface area contributed by atoms with Gasteiger partial charge in [-0.25, -0.2) is 4.39 Å². The molecular formula is C11H13FN2O4. The van der Waals surface area contributed by atoms with Crippen LogP contribution in [0.3, 0.4) is 0 Å². The summed E-state index contributed by atoms with van der Waals surface area (Å²) in [6, 6.07) is 3.16. The van der Waals surface area contributed by atoms with Crippen LogP contribution in [0.2, 0.25) is 0 Å². The molecule has 1 aromatic carbocycles. The van der Waals surface area contributed by atoms with Crippen molar-refractivity contribution in [3.63, 3.8) is 0 Å². The monoisotopic (exact) mass is 256 g/mol. The number of anilines is 1. The van der Waals surface area contributed by atoms with Crippen molar-refractivity contribution in [3.8, 4) is 0 Å². The van der Waals surface area contributed by atoms with Crippen molar-refractivity contribution in [2.75, 3.05) is 18.5 Å². The molecule has 1 rings (SSSR count). The van der Waals surface area contributed by atoms with E-state index in [0.717, 1.165) is 12.1 Å². The van der Waals surface area contributed by atoms with Crippen molar-refractivity contribution in [1.29, 1.82) is 0 Å². The van der Waals surface area contributed by atoms with Crippen LogP contribution >= 0.6 is 0 Å². The molecule has 6 nitrogen and oxygen atoms in total. The first-order valence-electron chi connectivity index (χ1n) is 5.37. The number of non-ortho nitro benzene ring substituents is 1. The van der Waals surface area contributed by atoms with Gasteiger partial charge in [0.25, 0.3) is 5.69 Å². The van der Waals surface area contributed by atoms with Crippen LogP contribution in [-0.2, 0) is 9.53 Å². The van der Waals surface area contributed by atoms with E-state index in [1.807, 2.05) is 0 Å². The van der Waals surface area contributed by atoms with Crippen LogP contribution in [0.4, 0.5) is 15.8 Å². The normalized spacial score (nSPS) is 9.89. The standard InChI is InChI=1S/C11H13FN2O4/c1-2-18-11(15)3-4-13-9-5-8(12)6-10(7-9)14(16)17/h5-7,13H,2-4H2,1H3. The lowest BCUT2D eigenvalue weighted by Gasteiger charge is -2.06. The summed E-state index contributed by atoms with van der Waals surface area (Å²) in [6.45, 7) is 2.21. The zero-order valence-corrected chi connectivity index (χ0v) is 9.81. The minimum absolute atomic E-state index is 0.109. The lowest BCUT2D eigenvalue weighted by atomic mass is 10.2. The summed E-state index contributed by atoms with van der Waals surface area (Å²) < 4.78 is 17.8. The van der Waals surface area contributed by atoms with Gasteiger partial charge in [0, 0.05) is 18.3 Å². The lowest BCUT2D eigenvalue weighted by molar-refractivity contribution is -0.385. The smallest absolute Gasteiger partial charge is 0.307 e. The molecule has 0 atom stereocenters. The fourth-order valence-electron chi connectivity index (χ4n) is 1.32. The third kappa shape index (κ3) is 4.36. The molecular weight excluding hydrogens is 243 g/mol. The first-order valence-corrected chi connectivity index (χ1v) is 5.37. The molecule has 98 valence electrons. The van der Waals surface area contributed by atoms with Crippen molar-refractivity contribution in [1.82, 2.24) is 0 Å². The predicted molar refractivity (Wildman–Crippen MR) is 62.8 cm³/mol. The highest BCUT2D eigenvalue weighted by atomic mass is 19.1. The van der Waals surface area contributed by atoms with Gasteiger partial charge >= 0.3 is 5.97 Å². The van der Waals surface area contributed by atoms with Gasteiger partial charge in [-0.3, -0.25) is 14.9 Å². The van der Waals surface area contributed by atoms with E-state index in [0.29, 0.717) is 6.61 Å². The highest BCUT2D eigenvalue weighted by molar-refractivity contribution is 5.70. The van der Waals surface area contributed by atoms with E-state index in [9.17, 15) is 19.3 Å². The lowest BCUT2D eigenvalue weighted by Crippen LogP contribution is -2.11. The highest BCUT2D eigenvalue weighted by Crippen LogP contribution is 2.19. The summed E-state index contributed by atoms with van der Waals surface area (Å²) in [5.74, 6) is -1.08. The summed E-state index contributed by atoms with van der Waals surface area (Å²) in [5.41, 5.74) is -0.0837. The van der Waals surface area contributed by atoms with Gasteiger partial charge in [-0.1, -0.05) is 0 Å². The molecule has 0 aliphatic heterocycles. The minimum Gasteiger partial charge on any atom is -0.466 e. The molecule has 0 unspecified atom stereocenters. The fourth-order valence-corrected chi connectivity index (χ4v) is 1.32. The second-order valence-corrected chi connectivity index (χ2v) is 3.44. The number of nitro benzene ring substituents is 1. The molecule has 0 spiro atoms. The zero-order valence-electron chi connectivity index (χ0n) is 9.81. The number of halogens is 1. The van der Waals surface area contributed by atoms with E-state index in [1.165, 1.54) is 6.07 Å². The van der Waals surface area contributed by atoms with E-state index in [4.69, 9.17) is 4.74 Å². The zero-order chi connectivity index (χ0) is 13.5. The first-order chi connectivity index (χ1) is 8.52. The molecule has 0 fully saturated rings. The summed E-state index contributed by atoms with van der Waals surface area (Å²) in [6.07, 6.45) is 0.109. The van der Waals surface area contributed by atoms with Crippen LogP contribution in [0.1, 0.15) is 13.3 Å². The summed E-state index contributed by atoms with van der Waals surface area (Å²) >= 11 is 0. The van der Waals surface area contributed by atoms with Crippen LogP contribution in [0.5, 0.6) is 0 Å². The molecule has 1 aromatic rings. The third-order valence-electron chi connectivity index (χ3n) is 2.06. The van der Waals surface area contributed by atoms with Gasteiger partial charge in [0.1, 0.15) is 5.82 Å². The number of carbonyl (C=O) groups is 1. The van der Waals surface area contributed by atoms with Crippen molar-refractivity contribution in [3.05, 3.63) is 34.1 Å². The Hall–Kier alpha value is -2.18. The number of hydrogen-bond acceptors (Lipinski definition) is 5. The van der Waals surface area contributed by atoms with Crippen LogP contribution in [0, 0.1) is 15.9 Å². The SMILES string of the molecule is CCOC(=O)CCNc1cc(F)cc([N+](=O)[O-])c1. The van der Waals surface area contributed by atoms with Crippen molar-refractivity contribution in [2.45, 2.75) is 13.3 Å². The van der Waals surface area contributed by atoms with Crippen molar-refractivity contribution < 1.29 is 18.8 Å². The highest BCUT2D eigenvalue weighted by Gasteiger charge is 2.10. The number of nitrogens with one attached hydrogen (secondary N) is 1.